The average molecular weight is 457 g/mol. The van der Waals surface area contributed by atoms with Gasteiger partial charge >= 0.3 is 0 Å². The number of hydrogen-bond donors (Lipinski definition) is 3. The van der Waals surface area contributed by atoms with Gasteiger partial charge in [0, 0.05) is 36.4 Å². The van der Waals surface area contributed by atoms with Gasteiger partial charge in [-0.1, -0.05) is 41.6 Å². The second kappa shape index (κ2) is 10.6. The monoisotopic (exact) mass is 456 g/mol. The summed E-state index contributed by atoms with van der Waals surface area (Å²) in [6.07, 6.45) is 0. The van der Waals surface area contributed by atoms with Crippen LogP contribution in [0.15, 0.2) is 53.1 Å². The first kappa shape index (κ1) is 23.6. The molecular formula is C27H32N6O. The molecule has 176 valence electrons. The minimum atomic E-state index is 0.675. The van der Waals surface area contributed by atoms with Crippen molar-refractivity contribution < 1.29 is 4.52 Å². The zero-order chi connectivity index (χ0) is 24.1. The number of anilines is 2. The van der Waals surface area contributed by atoms with E-state index < -0.39 is 0 Å². The third-order valence-corrected chi connectivity index (χ3v) is 6.01. The van der Waals surface area contributed by atoms with Crippen LogP contribution in [0.1, 0.15) is 28.1 Å². The lowest BCUT2D eigenvalue weighted by atomic mass is 10.0. The Morgan fingerprint density at radius 2 is 1.65 bits per heavy atom. The molecule has 2 aromatic heterocycles. The molecule has 0 bridgehead atoms. The maximum atomic E-state index is 5.47. The summed E-state index contributed by atoms with van der Waals surface area (Å²) >= 11 is 0. The molecule has 0 atom stereocenters. The van der Waals surface area contributed by atoms with Crippen LogP contribution in [0.3, 0.4) is 0 Å². The maximum absolute atomic E-state index is 5.47. The van der Waals surface area contributed by atoms with E-state index >= 15 is 0 Å². The van der Waals surface area contributed by atoms with Gasteiger partial charge in [-0.25, -0.2) is 9.97 Å². The average Bonchev–Trinajstić information content (AvgIpc) is 3.17. The van der Waals surface area contributed by atoms with Crippen molar-refractivity contribution in [1.82, 2.24) is 25.8 Å². The number of likely N-dealkylation sites (N-methyl/N-ethyl adjacent to an activating group) is 1. The van der Waals surface area contributed by atoms with E-state index in [1.165, 1.54) is 11.1 Å². The quantitative estimate of drug-likeness (QED) is 0.303. The van der Waals surface area contributed by atoms with E-state index in [0.29, 0.717) is 5.82 Å². The molecule has 0 saturated heterocycles. The van der Waals surface area contributed by atoms with Gasteiger partial charge in [-0.2, -0.15) is 0 Å². The fourth-order valence-corrected chi connectivity index (χ4v) is 4.04. The van der Waals surface area contributed by atoms with Gasteiger partial charge in [-0.15, -0.1) is 0 Å². The predicted molar refractivity (Wildman–Crippen MR) is 137 cm³/mol. The number of nitrogens with one attached hydrogen (secondary N) is 3. The van der Waals surface area contributed by atoms with E-state index in [1.54, 1.807) is 0 Å². The highest BCUT2D eigenvalue weighted by atomic mass is 16.5. The zero-order valence-electron chi connectivity index (χ0n) is 20.5. The molecule has 0 aliphatic carbocycles. The molecule has 0 amide bonds. The highest BCUT2D eigenvalue weighted by Gasteiger charge is 2.21. The number of para-hydroxylation sites is 1. The summed E-state index contributed by atoms with van der Waals surface area (Å²) in [4.78, 5) is 10.0. The Morgan fingerprint density at radius 3 is 2.35 bits per heavy atom. The van der Waals surface area contributed by atoms with Crippen LogP contribution in [0.5, 0.6) is 0 Å². The van der Waals surface area contributed by atoms with Crippen molar-refractivity contribution in [3.8, 4) is 22.6 Å². The first-order chi connectivity index (χ1) is 16.5. The summed E-state index contributed by atoms with van der Waals surface area (Å²) in [6, 6.07) is 16.4. The molecular weight excluding hydrogens is 424 g/mol. The Morgan fingerprint density at radius 1 is 0.853 bits per heavy atom. The fraction of sp³-hybridized carbons (Fsp3) is 0.296. The lowest BCUT2D eigenvalue weighted by molar-refractivity contribution is 0.393. The SMILES string of the molecule is CNCCNCc1cccc(-c2nc(Nc3ccccc3)c(C)c(-c3c(C)noc3C)n2)c1C. The van der Waals surface area contributed by atoms with Gasteiger partial charge in [0.05, 0.1) is 17.0 Å². The van der Waals surface area contributed by atoms with Crippen molar-refractivity contribution in [2.24, 2.45) is 0 Å². The smallest absolute Gasteiger partial charge is 0.162 e. The first-order valence-electron chi connectivity index (χ1n) is 11.6. The molecule has 3 N–H and O–H groups in total. The highest BCUT2D eigenvalue weighted by molar-refractivity contribution is 5.77. The third-order valence-electron chi connectivity index (χ3n) is 6.01. The van der Waals surface area contributed by atoms with Crippen molar-refractivity contribution in [1.29, 1.82) is 0 Å². The first-order valence-corrected chi connectivity index (χ1v) is 11.6. The number of aryl methyl sites for hydroxylation is 2. The second-order valence-corrected chi connectivity index (χ2v) is 8.43. The Bertz CT molecular complexity index is 1250. The van der Waals surface area contributed by atoms with Crippen molar-refractivity contribution in [2.45, 2.75) is 34.2 Å². The number of rotatable bonds is 9. The third kappa shape index (κ3) is 5.00. The standard InChI is InChI=1S/C27H32N6O/c1-17-21(16-29-15-14-28-5)10-9-13-23(17)27-31-25(24-19(3)33-34-20(24)4)18(2)26(32-27)30-22-11-7-6-8-12-22/h6-13,28-29H,14-16H2,1-5H3,(H,30,31,32). The van der Waals surface area contributed by atoms with Gasteiger partial charge in [0.1, 0.15) is 11.6 Å². The molecule has 0 unspecified atom stereocenters. The van der Waals surface area contributed by atoms with Crippen molar-refractivity contribution in [3.05, 3.63) is 76.7 Å². The Balaban J connectivity index is 1.81. The topological polar surface area (TPSA) is 87.9 Å². The molecule has 7 heteroatoms. The molecule has 0 fully saturated rings. The van der Waals surface area contributed by atoms with Crippen LogP contribution in [0.2, 0.25) is 0 Å². The minimum Gasteiger partial charge on any atom is -0.361 e. The van der Waals surface area contributed by atoms with Gasteiger partial charge in [-0.3, -0.25) is 0 Å². The second-order valence-electron chi connectivity index (χ2n) is 8.43. The van der Waals surface area contributed by atoms with E-state index in [4.69, 9.17) is 14.5 Å². The molecule has 7 nitrogen and oxygen atoms in total. The van der Waals surface area contributed by atoms with E-state index in [0.717, 1.165) is 65.0 Å². The van der Waals surface area contributed by atoms with Crippen LogP contribution in [0.25, 0.3) is 22.6 Å². The molecule has 2 heterocycles. The van der Waals surface area contributed by atoms with Crippen LogP contribution >= 0.6 is 0 Å². The van der Waals surface area contributed by atoms with Crippen LogP contribution in [0, 0.1) is 27.7 Å². The fourth-order valence-electron chi connectivity index (χ4n) is 4.04. The molecule has 34 heavy (non-hydrogen) atoms. The summed E-state index contributed by atoms with van der Waals surface area (Å²) in [6.45, 7) is 10.7. The van der Waals surface area contributed by atoms with Gasteiger partial charge in [0.2, 0.25) is 0 Å². The molecule has 2 aromatic carbocycles. The van der Waals surface area contributed by atoms with Crippen molar-refractivity contribution >= 4 is 11.5 Å². The van der Waals surface area contributed by atoms with Gasteiger partial charge < -0.3 is 20.5 Å². The predicted octanol–water partition coefficient (Wildman–Crippen LogP) is 5.08. The van der Waals surface area contributed by atoms with Gasteiger partial charge in [0.15, 0.2) is 5.82 Å². The largest absolute Gasteiger partial charge is 0.361 e. The maximum Gasteiger partial charge on any atom is 0.162 e. The molecule has 0 radical (unpaired) electrons. The van der Waals surface area contributed by atoms with E-state index in [2.05, 4.69) is 46.2 Å². The van der Waals surface area contributed by atoms with Crippen molar-refractivity contribution in [3.63, 3.8) is 0 Å². The van der Waals surface area contributed by atoms with Crippen LogP contribution in [-0.2, 0) is 6.54 Å². The van der Waals surface area contributed by atoms with Crippen molar-refractivity contribution in [2.75, 3.05) is 25.5 Å². The Kier molecular flexibility index (Phi) is 7.35. The number of nitrogens with zero attached hydrogens (tertiary/aromatic N) is 3. The highest BCUT2D eigenvalue weighted by Crippen LogP contribution is 2.35. The summed E-state index contributed by atoms with van der Waals surface area (Å²) in [7, 11) is 1.96. The Labute approximate surface area is 201 Å². The lowest BCUT2D eigenvalue weighted by Gasteiger charge is -2.16. The molecule has 4 aromatic rings. The normalized spacial score (nSPS) is 11.1. The Hall–Kier alpha value is -3.55. The van der Waals surface area contributed by atoms with Crippen LogP contribution < -0.4 is 16.0 Å². The summed E-state index contributed by atoms with van der Waals surface area (Å²) in [5.74, 6) is 2.19. The number of aromatic nitrogens is 3. The van der Waals surface area contributed by atoms with E-state index in [-0.39, 0.29) is 0 Å². The lowest BCUT2D eigenvalue weighted by Crippen LogP contribution is -2.24. The molecule has 0 spiro atoms. The summed E-state index contributed by atoms with van der Waals surface area (Å²) in [5.41, 5.74) is 7.89. The molecule has 0 saturated carbocycles. The summed E-state index contributed by atoms with van der Waals surface area (Å²) < 4.78 is 5.47. The van der Waals surface area contributed by atoms with E-state index in [1.807, 2.05) is 58.2 Å². The minimum absolute atomic E-state index is 0.675. The van der Waals surface area contributed by atoms with Gasteiger partial charge in [0.25, 0.3) is 0 Å². The molecule has 4 rings (SSSR count). The van der Waals surface area contributed by atoms with Crippen LogP contribution in [-0.4, -0.2) is 35.3 Å². The molecule has 0 aliphatic rings. The van der Waals surface area contributed by atoms with E-state index in [9.17, 15) is 0 Å². The summed E-state index contributed by atoms with van der Waals surface area (Å²) in [5, 5.41) is 14.3. The zero-order valence-corrected chi connectivity index (χ0v) is 20.5. The van der Waals surface area contributed by atoms with Gasteiger partial charge in [-0.05, 0) is 58.0 Å². The van der Waals surface area contributed by atoms with Crippen LogP contribution in [0.4, 0.5) is 11.5 Å². The molecule has 0 aliphatic heterocycles. The number of hydrogen-bond acceptors (Lipinski definition) is 7. The number of benzene rings is 2.